The van der Waals surface area contributed by atoms with E-state index in [-0.39, 0.29) is 6.42 Å². The fraction of sp³-hybridized carbons (Fsp3) is 0.800. The molecule has 0 aromatic heterocycles. The average Bonchev–Trinajstić information content (AvgIpc) is 2.15. The summed E-state index contributed by atoms with van der Waals surface area (Å²) in [4.78, 5) is 0. The van der Waals surface area contributed by atoms with Crippen molar-refractivity contribution in [2.45, 2.75) is 18.6 Å². The molecule has 1 heterocycles. The van der Waals surface area contributed by atoms with Gasteiger partial charge in [0.25, 0.3) is 5.85 Å². The van der Waals surface area contributed by atoms with Gasteiger partial charge in [-0.25, -0.2) is 8.78 Å². The van der Waals surface area contributed by atoms with Crippen LogP contribution in [0.1, 0.15) is 6.42 Å². The van der Waals surface area contributed by atoms with Crippen LogP contribution in [0.25, 0.3) is 0 Å². The van der Waals surface area contributed by atoms with Crippen LogP contribution in [0.3, 0.4) is 0 Å². The molecule has 1 aliphatic heterocycles. The molecule has 0 aromatic carbocycles. The zero-order valence-electron chi connectivity index (χ0n) is 5.03. The quantitative estimate of drug-likeness (QED) is 0.537. The number of hydrogen-bond donors (Lipinski definition) is 1. The first-order chi connectivity index (χ1) is 4.19. The van der Waals surface area contributed by atoms with Gasteiger partial charge in [-0.05, 0) is 0 Å². The second-order valence-electron chi connectivity index (χ2n) is 1.93. The van der Waals surface area contributed by atoms with Crippen molar-refractivity contribution in [3.8, 4) is 0 Å². The third-order valence-electron chi connectivity index (χ3n) is 1.36. The minimum atomic E-state index is -2.14. The number of ether oxygens (including phenoxy) is 1. The zero-order valence-corrected chi connectivity index (χ0v) is 5.03. The van der Waals surface area contributed by atoms with Crippen LogP contribution in [0.5, 0.6) is 0 Å². The lowest BCUT2D eigenvalue weighted by atomic mass is 10.3. The molecule has 1 radical (unpaired) electrons. The van der Waals surface area contributed by atoms with Crippen molar-refractivity contribution in [2.75, 3.05) is 7.11 Å². The van der Waals surface area contributed by atoms with Crippen LogP contribution in [-0.4, -0.2) is 19.3 Å². The van der Waals surface area contributed by atoms with E-state index in [4.69, 9.17) is 0 Å². The maximum atomic E-state index is 12.7. The fourth-order valence-corrected chi connectivity index (χ4v) is 0.716. The van der Waals surface area contributed by atoms with E-state index in [2.05, 4.69) is 10.1 Å². The van der Waals surface area contributed by atoms with E-state index < -0.39 is 12.2 Å². The Morgan fingerprint density at radius 3 is 2.78 bits per heavy atom. The van der Waals surface area contributed by atoms with E-state index in [0.717, 1.165) is 7.11 Å². The Balaban J connectivity index is 2.56. The first-order valence-electron chi connectivity index (χ1n) is 2.65. The molecule has 0 amide bonds. The molecule has 1 aliphatic rings. The highest BCUT2D eigenvalue weighted by molar-refractivity contribution is 4.91. The highest BCUT2D eigenvalue weighted by atomic mass is 19.2. The number of halogens is 2. The standard InChI is InChI=1S/C5H8F2NO/c1-9-5(7)2-3-8-4(5)6/h3-4,8H,2H2,1H3. The number of methoxy groups -OCH3 is 1. The smallest absolute Gasteiger partial charge is 0.255 e. The van der Waals surface area contributed by atoms with Gasteiger partial charge >= 0.3 is 0 Å². The predicted molar refractivity (Wildman–Crippen MR) is 27.8 cm³/mol. The molecule has 4 heteroatoms. The van der Waals surface area contributed by atoms with E-state index in [1.807, 2.05) is 0 Å². The summed E-state index contributed by atoms with van der Waals surface area (Å²) < 4.78 is 29.3. The minimum Gasteiger partial charge on any atom is -0.346 e. The molecule has 2 atom stereocenters. The fourth-order valence-electron chi connectivity index (χ4n) is 0.716. The molecule has 2 nitrogen and oxygen atoms in total. The number of rotatable bonds is 1. The lowest BCUT2D eigenvalue weighted by Crippen LogP contribution is -2.36. The maximum Gasteiger partial charge on any atom is 0.255 e. The molecule has 0 spiro atoms. The van der Waals surface area contributed by atoms with Gasteiger partial charge in [-0.15, -0.1) is 0 Å². The molecule has 1 saturated heterocycles. The van der Waals surface area contributed by atoms with Gasteiger partial charge < -0.3 is 4.74 Å². The molecule has 53 valence electrons. The topological polar surface area (TPSA) is 21.3 Å². The molecule has 0 saturated carbocycles. The minimum absolute atomic E-state index is 0.0370. The summed E-state index contributed by atoms with van der Waals surface area (Å²) in [6.45, 7) is 1.31. The van der Waals surface area contributed by atoms with Gasteiger partial charge in [-0.1, -0.05) is 0 Å². The van der Waals surface area contributed by atoms with E-state index in [1.165, 1.54) is 6.54 Å². The number of nitrogens with one attached hydrogen (secondary N) is 1. The lowest BCUT2D eigenvalue weighted by Gasteiger charge is -2.18. The second-order valence-corrected chi connectivity index (χ2v) is 1.93. The molecule has 0 bridgehead atoms. The first-order valence-corrected chi connectivity index (χ1v) is 2.65. The third-order valence-corrected chi connectivity index (χ3v) is 1.36. The average molecular weight is 136 g/mol. The molecule has 2 unspecified atom stereocenters. The summed E-state index contributed by atoms with van der Waals surface area (Å²) in [7, 11) is 1.15. The van der Waals surface area contributed by atoms with Crippen LogP contribution in [0.2, 0.25) is 0 Å². The van der Waals surface area contributed by atoms with Gasteiger partial charge in [0.2, 0.25) is 6.30 Å². The van der Waals surface area contributed by atoms with Crippen LogP contribution in [0.15, 0.2) is 0 Å². The second kappa shape index (κ2) is 2.19. The summed E-state index contributed by atoms with van der Waals surface area (Å²) >= 11 is 0. The molecular formula is C5H8F2NO. The van der Waals surface area contributed by atoms with E-state index in [9.17, 15) is 8.78 Å². The molecule has 1 N–H and O–H groups in total. The van der Waals surface area contributed by atoms with Crippen molar-refractivity contribution in [1.29, 1.82) is 0 Å². The normalized spacial score (nSPS) is 43.7. The Bertz CT molecular complexity index is 111. The number of hydrogen-bond acceptors (Lipinski definition) is 2. The van der Waals surface area contributed by atoms with E-state index in [0.29, 0.717) is 0 Å². The van der Waals surface area contributed by atoms with Gasteiger partial charge in [0.15, 0.2) is 0 Å². The summed E-state index contributed by atoms with van der Waals surface area (Å²) in [5.41, 5.74) is 0. The van der Waals surface area contributed by atoms with Crippen molar-refractivity contribution in [3.63, 3.8) is 0 Å². The summed E-state index contributed by atoms with van der Waals surface area (Å²) in [6.07, 6.45) is -1.76. The van der Waals surface area contributed by atoms with Gasteiger partial charge in [0.05, 0.1) is 0 Å². The maximum absolute atomic E-state index is 12.7. The van der Waals surface area contributed by atoms with E-state index >= 15 is 0 Å². The van der Waals surface area contributed by atoms with Gasteiger partial charge in [-0.3, -0.25) is 5.32 Å². The highest BCUT2D eigenvalue weighted by Crippen LogP contribution is 2.28. The van der Waals surface area contributed by atoms with Crippen molar-refractivity contribution < 1.29 is 13.5 Å². The van der Waals surface area contributed by atoms with Crippen molar-refractivity contribution in [1.82, 2.24) is 5.32 Å². The van der Waals surface area contributed by atoms with Crippen LogP contribution in [0, 0.1) is 6.54 Å². The Hall–Kier alpha value is -0.220. The summed E-state index contributed by atoms with van der Waals surface area (Å²) in [5.74, 6) is -2.14. The van der Waals surface area contributed by atoms with Gasteiger partial charge in [0.1, 0.15) is 0 Å². The molecule has 9 heavy (non-hydrogen) atoms. The van der Waals surface area contributed by atoms with Crippen LogP contribution >= 0.6 is 0 Å². The molecule has 1 rings (SSSR count). The SMILES string of the molecule is COC1(F)C[CH]NC1F. The van der Waals surface area contributed by atoms with Crippen molar-refractivity contribution >= 4 is 0 Å². The Kier molecular flexibility index (Phi) is 1.68. The Labute approximate surface area is 52.2 Å². The largest absolute Gasteiger partial charge is 0.346 e. The van der Waals surface area contributed by atoms with Gasteiger partial charge in [0, 0.05) is 20.1 Å². The Morgan fingerprint density at radius 2 is 2.56 bits per heavy atom. The van der Waals surface area contributed by atoms with E-state index in [1.54, 1.807) is 0 Å². The molecule has 0 aliphatic carbocycles. The monoisotopic (exact) mass is 136 g/mol. The molecule has 1 fully saturated rings. The molecule has 0 aromatic rings. The van der Waals surface area contributed by atoms with Crippen LogP contribution in [-0.2, 0) is 4.74 Å². The third kappa shape index (κ3) is 1.04. The first kappa shape index (κ1) is 6.89. The van der Waals surface area contributed by atoms with Gasteiger partial charge in [-0.2, -0.15) is 0 Å². The zero-order chi connectivity index (χ0) is 6.91. The van der Waals surface area contributed by atoms with Crippen molar-refractivity contribution in [3.05, 3.63) is 6.54 Å². The van der Waals surface area contributed by atoms with Crippen molar-refractivity contribution in [2.24, 2.45) is 0 Å². The summed E-state index contributed by atoms with van der Waals surface area (Å²) in [5, 5.41) is 2.17. The van der Waals surface area contributed by atoms with Crippen LogP contribution < -0.4 is 5.32 Å². The van der Waals surface area contributed by atoms with Crippen LogP contribution in [0.4, 0.5) is 8.78 Å². The molecular weight excluding hydrogens is 128 g/mol. The lowest BCUT2D eigenvalue weighted by molar-refractivity contribution is -0.155. The highest BCUT2D eigenvalue weighted by Gasteiger charge is 2.44. The Morgan fingerprint density at radius 1 is 1.89 bits per heavy atom. The summed E-state index contributed by atoms with van der Waals surface area (Å²) in [6, 6.07) is 0. The number of alkyl halides is 2. The predicted octanol–water partition coefficient (Wildman–Crippen LogP) is 0.749.